The first kappa shape index (κ1) is 16.9. The molecular formula is C20H19ClN2O3. The van der Waals surface area contributed by atoms with E-state index in [2.05, 4.69) is 10.2 Å². The Morgan fingerprint density at radius 1 is 1.23 bits per heavy atom. The Kier molecular flexibility index (Phi) is 4.13. The van der Waals surface area contributed by atoms with Crippen molar-refractivity contribution < 1.29 is 15.0 Å². The van der Waals surface area contributed by atoms with E-state index in [-0.39, 0.29) is 23.3 Å². The molecule has 1 atom stereocenters. The van der Waals surface area contributed by atoms with Crippen LogP contribution >= 0.6 is 11.6 Å². The number of anilines is 2. The third kappa shape index (κ3) is 2.83. The number of hydrogen-bond donors (Lipinski definition) is 3. The molecule has 2 aliphatic rings. The molecule has 26 heavy (non-hydrogen) atoms. The topological polar surface area (TPSA) is 72.8 Å². The number of aliphatic hydroxyl groups excluding tert-OH is 2. The van der Waals surface area contributed by atoms with Gasteiger partial charge in [-0.05, 0) is 43.2 Å². The minimum absolute atomic E-state index is 0.0162. The monoisotopic (exact) mass is 370 g/mol. The third-order valence-electron chi connectivity index (χ3n) is 4.92. The number of rotatable bonds is 2. The molecule has 1 saturated heterocycles. The summed E-state index contributed by atoms with van der Waals surface area (Å²) in [7, 11) is 0. The number of nitrogens with one attached hydrogen (secondary N) is 1. The molecule has 4 rings (SSSR count). The lowest BCUT2D eigenvalue weighted by molar-refractivity contribution is -0.110. The van der Waals surface area contributed by atoms with Gasteiger partial charge in [0, 0.05) is 29.9 Å². The maximum Gasteiger partial charge on any atom is 0.259 e. The first-order valence-electron chi connectivity index (χ1n) is 8.52. The fourth-order valence-corrected chi connectivity index (χ4v) is 3.87. The van der Waals surface area contributed by atoms with E-state index in [1.165, 1.54) is 6.92 Å². The van der Waals surface area contributed by atoms with Crippen LogP contribution in [0.3, 0.4) is 0 Å². The SMILES string of the molecule is C/C(O)=C1\C(=O)Nc2cc(Cl)c(-c3ccc(N4CCC(O)C4)cc3)cc21. The van der Waals surface area contributed by atoms with E-state index in [1.807, 2.05) is 30.3 Å². The van der Waals surface area contributed by atoms with Crippen molar-refractivity contribution in [2.24, 2.45) is 0 Å². The number of aliphatic hydroxyl groups is 2. The molecule has 2 aromatic carbocycles. The van der Waals surface area contributed by atoms with Gasteiger partial charge in [0.05, 0.1) is 22.4 Å². The van der Waals surface area contributed by atoms with Gasteiger partial charge in [0.15, 0.2) is 0 Å². The Balaban J connectivity index is 1.71. The molecule has 0 bridgehead atoms. The van der Waals surface area contributed by atoms with Crippen LogP contribution < -0.4 is 10.2 Å². The summed E-state index contributed by atoms with van der Waals surface area (Å²) in [5.74, 6) is -0.339. The third-order valence-corrected chi connectivity index (χ3v) is 5.23. The van der Waals surface area contributed by atoms with Crippen LogP contribution in [-0.4, -0.2) is 35.3 Å². The van der Waals surface area contributed by atoms with Crippen molar-refractivity contribution in [1.29, 1.82) is 0 Å². The van der Waals surface area contributed by atoms with Gasteiger partial charge in [-0.2, -0.15) is 0 Å². The van der Waals surface area contributed by atoms with Crippen LogP contribution in [0.2, 0.25) is 5.02 Å². The largest absolute Gasteiger partial charge is 0.512 e. The summed E-state index contributed by atoms with van der Waals surface area (Å²) in [4.78, 5) is 14.2. The number of nitrogens with zero attached hydrogens (tertiary/aromatic N) is 1. The minimum atomic E-state index is -0.323. The van der Waals surface area contributed by atoms with Crippen molar-refractivity contribution in [2.75, 3.05) is 23.3 Å². The number of halogens is 1. The number of fused-ring (bicyclic) bond motifs is 1. The first-order chi connectivity index (χ1) is 12.4. The van der Waals surface area contributed by atoms with E-state index in [0.29, 0.717) is 22.8 Å². The van der Waals surface area contributed by atoms with Crippen molar-refractivity contribution in [3.05, 3.63) is 52.7 Å². The minimum Gasteiger partial charge on any atom is -0.512 e. The highest BCUT2D eigenvalue weighted by Crippen LogP contribution is 2.40. The van der Waals surface area contributed by atoms with Crippen molar-refractivity contribution >= 4 is 34.5 Å². The molecule has 0 spiro atoms. The van der Waals surface area contributed by atoms with E-state index < -0.39 is 0 Å². The summed E-state index contributed by atoms with van der Waals surface area (Å²) in [5.41, 5.74) is 4.33. The first-order valence-corrected chi connectivity index (χ1v) is 8.90. The van der Waals surface area contributed by atoms with E-state index >= 15 is 0 Å². The predicted octanol–water partition coefficient (Wildman–Crippen LogP) is 3.82. The molecule has 5 nitrogen and oxygen atoms in total. The lowest BCUT2D eigenvalue weighted by Crippen LogP contribution is -2.20. The van der Waals surface area contributed by atoms with Gasteiger partial charge in [0.2, 0.25) is 0 Å². The standard InChI is InChI=1S/C20H19ClN2O3/c1-11(24)19-16-8-15(17(21)9-18(16)22-20(19)26)12-2-4-13(5-3-12)23-7-6-14(25)10-23/h2-5,8-9,14,24-25H,6-7,10H2,1H3,(H,22,26)/b19-11+. The summed E-state index contributed by atoms with van der Waals surface area (Å²) >= 11 is 6.43. The summed E-state index contributed by atoms with van der Waals surface area (Å²) in [6, 6.07) is 11.5. The molecule has 2 heterocycles. The van der Waals surface area contributed by atoms with Gasteiger partial charge in [-0.25, -0.2) is 0 Å². The molecule has 134 valence electrons. The second kappa shape index (κ2) is 6.34. The van der Waals surface area contributed by atoms with Crippen molar-refractivity contribution in [1.82, 2.24) is 0 Å². The van der Waals surface area contributed by atoms with Crippen molar-refractivity contribution in [3.63, 3.8) is 0 Å². The highest BCUT2D eigenvalue weighted by Gasteiger charge is 2.28. The Labute approximate surface area is 156 Å². The zero-order valence-electron chi connectivity index (χ0n) is 14.3. The molecule has 0 saturated carbocycles. The van der Waals surface area contributed by atoms with Crippen molar-refractivity contribution in [3.8, 4) is 11.1 Å². The number of hydrogen-bond acceptors (Lipinski definition) is 4. The quantitative estimate of drug-likeness (QED) is 0.555. The van der Waals surface area contributed by atoms with Crippen LogP contribution in [0, 0.1) is 0 Å². The van der Waals surface area contributed by atoms with Crippen LogP contribution in [0.25, 0.3) is 16.7 Å². The van der Waals surface area contributed by atoms with Crippen LogP contribution in [0.4, 0.5) is 11.4 Å². The highest BCUT2D eigenvalue weighted by molar-refractivity contribution is 6.36. The number of β-amino-alcohol motifs (C(OH)–C–C–N with tert-alkyl or cyclic N) is 1. The Morgan fingerprint density at radius 2 is 1.96 bits per heavy atom. The lowest BCUT2D eigenvalue weighted by atomic mass is 9.98. The molecule has 1 unspecified atom stereocenters. The maximum atomic E-state index is 12.1. The maximum absolute atomic E-state index is 12.1. The second-order valence-corrected chi connectivity index (χ2v) is 7.13. The van der Waals surface area contributed by atoms with Crippen LogP contribution in [0.1, 0.15) is 18.9 Å². The smallest absolute Gasteiger partial charge is 0.259 e. The average Bonchev–Trinajstić information content (AvgIpc) is 3.16. The number of benzene rings is 2. The van der Waals surface area contributed by atoms with Crippen LogP contribution in [0.5, 0.6) is 0 Å². The molecular weight excluding hydrogens is 352 g/mol. The van der Waals surface area contributed by atoms with Gasteiger partial charge in [-0.1, -0.05) is 23.7 Å². The molecule has 0 aliphatic carbocycles. The van der Waals surface area contributed by atoms with Crippen LogP contribution in [-0.2, 0) is 4.79 Å². The Morgan fingerprint density at radius 3 is 2.58 bits per heavy atom. The zero-order chi connectivity index (χ0) is 18.4. The van der Waals surface area contributed by atoms with Gasteiger partial charge in [-0.3, -0.25) is 4.79 Å². The number of amides is 1. The fourth-order valence-electron chi connectivity index (χ4n) is 3.60. The fraction of sp³-hybridized carbons (Fsp3) is 0.250. The lowest BCUT2D eigenvalue weighted by Gasteiger charge is -2.18. The van der Waals surface area contributed by atoms with Gasteiger partial charge in [-0.15, -0.1) is 0 Å². The summed E-state index contributed by atoms with van der Waals surface area (Å²) in [6.45, 7) is 2.99. The zero-order valence-corrected chi connectivity index (χ0v) is 15.0. The number of allylic oxidation sites excluding steroid dienone is 1. The van der Waals surface area contributed by atoms with E-state index in [4.69, 9.17) is 11.6 Å². The van der Waals surface area contributed by atoms with Crippen LogP contribution in [0.15, 0.2) is 42.2 Å². The Bertz CT molecular complexity index is 917. The van der Waals surface area contributed by atoms with Gasteiger partial charge >= 0.3 is 0 Å². The van der Waals surface area contributed by atoms with Crippen molar-refractivity contribution in [2.45, 2.75) is 19.4 Å². The molecule has 2 aromatic rings. The normalized spacial score (nSPS) is 21.0. The number of carbonyl (C=O) groups is 1. The van der Waals surface area contributed by atoms with E-state index in [9.17, 15) is 15.0 Å². The molecule has 0 aromatic heterocycles. The predicted molar refractivity (Wildman–Crippen MR) is 104 cm³/mol. The molecule has 2 aliphatic heterocycles. The summed E-state index contributed by atoms with van der Waals surface area (Å²) in [6.07, 6.45) is 0.521. The van der Waals surface area contributed by atoms with E-state index in [1.54, 1.807) is 6.07 Å². The molecule has 6 heteroatoms. The average molecular weight is 371 g/mol. The molecule has 3 N–H and O–H groups in total. The van der Waals surface area contributed by atoms with Gasteiger partial charge < -0.3 is 20.4 Å². The van der Waals surface area contributed by atoms with E-state index in [0.717, 1.165) is 29.8 Å². The summed E-state index contributed by atoms with van der Waals surface area (Å²) in [5, 5.41) is 22.8. The van der Waals surface area contributed by atoms with Gasteiger partial charge in [0.1, 0.15) is 5.76 Å². The molecule has 1 fully saturated rings. The number of carbonyl (C=O) groups excluding carboxylic acids is 1. The second-order valence-electron chi connectivity index (χ2n) is 6.73. The summed E-state index contributed by atoms with van der Waals surface area (Å²) < 4.78 is 0. The highest BCUT2D eigenvalue weighted by atomic mass is 35.5. The molecule has 1 amide bonds. The van der Waals surface area contributed by atoms with Gasteiger partial charge in [0.25, 0.3) is 5.91 Å². The Hall–Kier alpha value is -2.50. The molecule has 0 radical (unpaired) electrons.